The van der Waals surface area contributed by atoms with Crippen LogP contribution in [0.4, 0.5) is 5.69 Å². The standard InChI is InChI=1S/C13H18Cl2N2/c1-2-7-16-10-6-8-17(9-10)13-11(14)4-3-5-12(13)15/h3-5,10,16H,2,6-9H2,1H3. The maximum Gasteiger partial charge on any atom is 0.0745 e. The number of benzene rings is 1. The summed E-state index contributed by atoms with van der Waals surface area (Å²) in [6, 6.07) is 6.24. The highest BCUT2D eigenvalue weighted by atomic mass is 35.5. The normalized spacial score (nSPS) is 19.9. The summed E-state index contributed by atoms with van der Waals surface area (Å²) < 4.78 is 0. The molecule has 1 atom stereocenters. The molecule has 1 saturated heterocycles. The first-order valence-corrected chi connectivity index (χ1v) is 6.90. The molecule has 1 aromatic rings. The molecule has 0 bridgehead atoms. The Morgan fingerprint density at radius 2 is 2.06 bits per heavy atom. The average molecular weight is 273 g/mol. The van der Waals surface area contributed by atoms with E-state index >= 15 is 0 Å². The third kappa shape index (κ3) is 3.06. The summed E-state index contributed by atoms with van der Waals surface area (Å²) >= 11 is 12.4. The number of halogens is 2. The molecule has 1 aliphatic heterocycles. The number of para-hydroxylation sites is 1. The fourth-order valence-electron chi connectivity index (χ4n) is 2.27. The van der Waals surface area contributed by atoms with Crippen LogP contribution in [-0.4, -0.2) is 25.7 Å². The van der Waals surface area contributed by atoms with Crippen molar-refractivity contribution in [2.75, 3.05) is 24.5 Å². The van der Waals surface area contributed by atoms with Crippen molar-refractivity contribution in [1.82, 2.24) is 5.32 Å². The van der Waals surface area contributed by atoms with E-state index in [0.717, 1.165) is 41.8 Å². The lowest BCUT2D eigenvalue weighted by atomic mass is 10.2. The van der Waals surface area contributed by atoms with Crippen LogP contribution in [0.5, 0.6) is 0 Å². The predicted molar refractivity (Wildman–Crippen MR) is 75.4 cm³/mol. The minimum Gasteiger partial charge on any atom is -0.368 e. The molecule has 1 fully saturated rings. The van der Waals surface area contributed by atoms with Crippen LogP contribution in [-0.2, 0) is 0 Å². The average Bonchev–Trinajstić information content (AvgIpc) is 2.75. The van der Waals surface area contributed by atoms with Gasteiger partial charge in [-0.15, -0.1) is 0 Å². The third-order valence-electron chi connectivity index (χ3n) is 3.13. The minimum absolute atomic E-state index is 0.558. The number of nitrogens with one attached hydrogen (secondary N) is 1. The smallest absolute Gasteiger partial charge is 0.0745 e. The SMILES string of the molecule is CCCNC1CCN(c2c(Cl)cccc2Cl)C1. The van der Waals surface area contributed by atoms with Crippen LogP contribution >= 0.6 is 23.2 Å². The summed E-state index contributed by atoms with van der Waals surface area (Å²) in [4.78, 5) is 2.28. The first-order valence-electron chi connectivity index (χ1n) is 6.14. The zero-order valence-electron chi connectivity index (χ0n) is 10.0. The van der Waals surface area contributed by atoms with Gasteiger partial charge in [0, 0.05) is 19.1 Å². The lowest BCUT2D eigenvalue weighted by molar-refractivity contribution is 0.549. The van der Waals surface area contributed by atoms with E-state index in [1.54, 1.807) is 0 Å². The highest BCUT2D eigenvalue weighted by Gasteiger charge is 2.24. The van der Waals surface area contributed by atoms with Crippen molar-refractivity contribution in [3.8, 4) is 0 Å². The summed E-state index contributed by atoms with van der Waals surface area (Å²) in [7, 11) is 0. The summed E-state index contributed by atoms with van der Waals surface area (Å²) in [5.74, 6) is 0. The molecule has 1 aromatic carbocycles. The van der Waals surface area contributed by atoms with E-state index in [4.69, 9.17) is 23.2 Å². The van der Waals surface area contributed by atoms with Crippen LogP contribution in [0, 0.1) is 0 Å². The van der Waals surface area contributed by atoms with Gasteiger partial charge in [-0.25, -0.2) is 0 Å². The van der Waals surface area contributed by atoms with Crippen LogP contribution in [0.15, 0.2) is 18.2 Å². The Hall–Kier alpha value is -0.440. The first kappa shape index (κ1) is 13.0. The molecule has 0 radical (unpaired) electrons. The van der Waals surface area contributed by atoms with Gasteiger partial charge in [0.05, 0.1) is 15.7 Å². The van der Waals surface area contributed by atoms with Gasteiger partial charge in [0.25, 0.3) is 0 Å². The Kier molecular flexibility index (Phi) is 4.55. The molecule has 2 nitrogen and oxygen atoms in total. The van der Waals surface area contributed by atoms with E-state index in [-0.39, 0.29) is 0 Å². The highest BCUT2D eigenvalue weighted by Crippen LogP contribution is 2.35. The molecule has 0 aliphatic carbocycles. The number of rotatable bonds is 4. The van der Waals surface area contributed by atoms with Crippen LogP contribution in [0.25, 0.3) is 0 Å². The molecule has 1 unspecified atom stereocenters. The Labute approximate surface area is 113 Å². The van der Waals surface area contributed by atoms with E-state index in [2.05, 4.69) is 17.1 Å². The molecule has 0 spiro atoms. The second-order valence-electron chi connectivity index (χ2n) is 4.46. The zero-order valence-corrected chi connectivity index (χ0v) is 11.6. The van der Waals surface area contributed by atoms with Crippen LogP contribution in [0.2, 0.25) is 10.0 Å². The fourth-order valence-corrected chi connectivity index (χ4v) is 2.91. The fraction of sp³-hybridized carbons (Fsp3) is 0.538. The molecule has 0 saturated carbocycles. The van der Waals surface area contributed by atoms with Crippen LogP contribution in [0.3, 0.4) is 0 Å². The third-order valence-corrected chi connectivity index (χ3v) is 3.74. The van der Waals surface area contributed by atoms with Gasteiger partial charge in [-0.2, -0.15) is 0 Å². The topological polar surface area (TPSA) is 15.3 Å². The quantitative estimate of drug-likeness (QED) is 0.902. The minimum atomic E-state index is 0.558. The van der Waals surface area contributed by atoms with Crippen molar-refractivity contribution in [2.24, 2.45) is 0 Å². The van der Waals surface area contributed by atoms with Gasteiger partial charge in [0.15, 0.2) is 0 Å². The van der Waals surface area contributed by atoms with Gasteiger partial charge in [-0.3, -0.25) is 0 Å². The van der Waals surface area contributed by atoms with Crippen molar-refractivity contribution in [3.63, 3.8) is 0 Å². The van der Waals surface area contributed by atoms with Gasteiger partial charge in [-0.1, -0.05) is 36.2 Å². The Morgan fingerprint density at radius 3 is 2.71 bits per heavy atom. The molecular formula is C13H18Cl2N2. The maximum atomic E-state index is 6.22. The lowest BCUT2D eigenvalue weighted by Crippen LogP contribution is -2.33. The lowest BCUT2D eigenvalue weighted by Gasteiger charge is -2.21. The Bertz CT molecular complexity index is 361. The molecule has 1 N–H and O–H groups in total. The van der Waals surface area contributed by atoms with Gasteiger partial charge in [-0.05, 0) is 31.5 Å². The number of hydrogen-bond acceptors (Lipinski definition) is 2. The number of anilines is 1. The van der Waals surface area contributed by atoms with Crippen molar-refractivity contribution in [1.29, 1.82) is 0 Å². The molecule has 1 heterocycles. The first-order chi connectivity index (χ1) is 8.22. The molecule has 0 amide bonds. The molecule has 2 rings (SSSR count). The summed E-state index contributed by atoms with van der Waals surface area (Å²) in [6.07, 6.45) is 2.32. The molecule has 4 heteroatoms. The second kappa shape index (κ2) is 5.94. The van der Waals surface area contributed by atoms with Gasteiger partial charge in [0.2, 0.25) is 0 Å². The summed E-state index contributed by atoms with van der Waals surface area (Å²) in [6.45, 7) is 5.27. The molecule has 17 heavy (non-hydrogen) atoms. The molecule has 0 aromatic heterocycles. The summed E-state index contributed by atoms with van der Waals surface area (Å²) in [5.41, 5.74) is 0.983. The zero-order chi connectivity index (χ0) is 12.3. The monoisotopic (exact) mass is 272 g/mol. The Balaban J connectivity index is 2.05. The van der Waals surface area contributed by atoms with Gasteiger partial charge >= 0.3 is 0 Å². The molecule has 94 valence electrons. The number of nitrogens with zero attached hydrogens (tertiary/aromatic N) is 1. The summed E-state index contributed by atoms with van der Waals surface area (Å²) in [5, 5.41) is 5.03. The van der Waals surface area contributed by atoms with Gasteiger partial charge in [0.1, 0.15) is 0 Å². The second-order valence-corrected chi connectivity index (χ2v) is 5.27. The van der Waals surface area contributed by atoms with E-state index < -0.39 is 0 Å². The largest absolute Gasteiger partial charge is 0.368 e. The Morgan fingerprint density at radius 1 is 1.35 bits per heavy atom. The van der Waals surface area contributed by atoms with Crippen molar-refractivity contribution >= 4 is 28.9 Å². The maximum absolute atomic E-state index is 6.22. The molecular weight excluding hydrogens is 255 g/mol. The highest BCUT2D eigenvalue weighted by molar-refractivity contribution is 6.39. The van der Waals surface area contributed by atoms with Crippen molar-refractivity contribution in [2.45, 2.75) is 25.8 Å². The van der Waals surface area contributed by atoms with Crippen LogP contribution in [0.1, 0.15) is 19.8 Å². The van der Waals surface area contributed by atoms with E-state index in [1.165, 1.54) is 6.42 Å². The van der Waals surface area contributed by atoms with Crippen molar-refractivity contribution in [3.05, 3.63) is 28.2 Å². The number of hydrogen-bond donors (Lipinski definition) is 1. The van der Waals surface area contributed by atoms with Crippen LogP contribution < -0.4 is 10.2 Å². The van der Waals surface area contributed by atoms with E-state index in [1.807, 2.05) is 18.2 Å². The predicted octanol–water partition coefficient (Wildman–Crippen LogP) is 3.57. The van der Waals surface area contributed by atoms with E-state index in [9.17, 15) is 0 Å². The van der Waals surface area contributed by atoms with Crippen molar-refractivity contribution < 1.29 is 0 Å². The van der Waals surface area contributed by atoms with E-state index in [0.29, 0.717) is 6.04 Å². The molecule has 1 aliphatic rings. The van der Waals surface area contributed by atoms with Gasteiger partial charge < -0.3 is 10.2 Å².